The zero-order valence-corrected chi connectivity index (χ0v) is 14.2. The third kappa shape index (κ3) is 4.70. The summed E-state index contributed by atoms with van der Waals surface area (Å²) in [6, 6.07) is 17.5. The van der Waals surface area contributed by atoms with Gasteiger partial charge in [-0.25, -0.2) is 0 Å². The molecule has 0 heterocycles. The fourth-order valence-corrected chi connectivity index (χ4v) is 2.60. The van der Waals surface area contributed by atoms with Crippen LogP contribution in [0, 0.1) is 0 Å². The lowest BCUT2D eigenvalue weighted by Gasteiger charge is -2.15. The van der Waals surface area contributed by atoms with Crippen molar-refractivity contribution < 1.29 is 4.74 Å². The van der Waals surface area contributed by atoms with Gasteiger partial charge in [0.25, 0.3) is 0 Å². The van der Waals surface area contributed by atoms with E-state index in [9.17, 15) is 0 Å². The monoisotopic (exact) mass is 336 g/mol. The van der Waals surface area contributed by atoms with Gasteiger partial charge in [0.15, 0.2) is 10.9 Å². The molecular formula is C20H20N2OS. The van der Waals surface area contributed by atoms with Crippen LogP contribution in [-0.2, 0) is 0 Å². The molecule has 0 aliphatic heterocycles. The molecule has 0 aromatic heterocycles. The fraction of sp³-hybridized carbons (Fsp3) is 0.150. The van der Waals surface area contributed by atoms with Crippen LogP contribution in [0.1, 0.15) is 12.8 Å². The number of anilines is 1. The first-order valence-corrected chi connectivity index (χ1v) is 8.44. The number of hydrogen-bond acceptors (Lipinski definition) is 2. The predicted molar refractivity (Wildman–Crippen MR) is 104 cm³/mol. The number of allylic oxidation sites excluding steroid dienone is 2. The first-order valence-electron chi connectivity index (χ1n) is 8.03. The van der Waals surface area contributed by atoms with Gasteiger partial charge in [-0.15, -0.1) is 0 Å². The molecule has 24 heavy (non-hydrogen) atoms. The third-order valence-electron chi connectivity index (χ3n) is 3.63. The minimum atomic E-state index is 0.582. The van der Waals surface area contributed by atoms with Crippen LogP contribution in [0.3, 0.4) is 0 Å². The Morgan fingerprint density at radius 1 is 1.00 bits per heavy atom. The maximum Gasteiger partial charge on any atom is 0.171 e. The molecule has 0 amide bonds. The summed E-state index contributed by atoms with van der Waals surface area (Å²) in [5.41, 5.74) is 2.10. The molecule has 1 aliphatic rings. The highest BCUT2D eigenvalue weighted by Crippen LogP contribution is 2.28. The van der Waals surface area contributed by atoms with Crippen molar-refractivity contribution in [2.45, 2.75) is 12.8 Å². The van der Waals surface area contributed by atoms with Crippen LogP contribution in [0.5, 0.6) is 11.5 Å². The molecule has 4 heteroatoms. The summed E-state index contributed by atoms with van der Waals surface area (Å²) in [7, 11) is 0. The van der Waals surface area contributed by atoms with E-state index in [0.717, 1.165) is 36.6 Å². The van der Waals surface area contributed by atoms with Crippen molar-refractivity contribution in [1.29, 1.82) is 0 Å². The lowest BCUT2D eigenvalue weighted by Crippen LogP contribution is -2.30. The Morgan fingerprint density at radius 2 is 1.79 bits per heavy atom. The minimum Gasteiger partial charge on any atom is -0.455 e. The second-order valence-electron chi connectivity index (χ2n) is 5.48. The summed E-state index contributed by atoms with van der Waals surface area (Å²) in [6.07, 6.45) is 8.79. The number of para-hydroxylation sites is 3. The molecule has 2 aromatic rings. The van der Waals surface area contributed by atoms with Crippen LogP contribution in [0.2, 0.25) is 0 Å². The Morgan fingerprint density at radius 3 is 2.58 bits per heavy atom. The predicted octanol–water partition coefficient (Wildman–Crippen LogP) is 5.04. The largest absolute Gasteiger partial charge is 0.455 e. The van der Waals surface area contributed by atoms with Gasteiger partial charge in [-0.3, -0.25) is 0 Å². The van der Waals surface area contributed by atoms with E-state index in [1.165, 1.54) is 5.57 Å². The maximum atomic E-state index is 5.93. The average molecular weight is 336 g/mol. The Kier molecular flexibility index (Phi) is 5.64. The number of benzene rings is 2. The number of ether oxygens (including phenoxy) is 1. The summed E-state index contributed by atoms with van der Waals surface area (Å²) >= 11 is 5.40. The van der Waals surface area contributed by atoms with Crippen molar-refractivity contribution in [1.82, 2.24) is 5.32 Å². The molecule has 0 bridgehead atoms. The van der Waals surface area contributed by atoms with E-state index >= 15 is 0 Å². The molecule has 2 aromatic carbocycles. The van der Waals surface area contributed by atoms with E-state index in [1.54, 1.807) is 0 Å². The van der Waals surface area contributed by atoms with Crippen molar-refractivity contribution >= 4 is 23.0 Å². The van der Waals surface area contributed by atoms with E-state index in [2.05, 4.69) is 28.9 Å². The number of hydrogen-bond donors (Lipinski definition) is 2. The van der Waals surface area contributed by atoms with Gasteiger partial charge in [0.1, 0.15) is 5.75 Å². The standard InChI is InChI=1S/C20H20N2OS/c24-20(21-15-16-9-3-1-4-10-16)22-18-13-7-8-14-19(18)23-17-11-5-2-6-12-17/h2-3,5-14H,1,4,15H2,(H2,21,22,24). The van der Waals surface area contributed by atoms with Crippen LogP contribution in [0.15, 0.2) is 78.4 Å². The topological polar surface area (TPSA) is 33.3 Å². The molecule has 0 saturated carbocycles. The summed E-state index contributed by atoms with van der Waals surface area (Å²) in [5, 5.41) is 7.03. The van der Waals surface area contributed by atoms with Crippen LogP contribution >= 0.6 is 12.2 Å². The molecule has 3 nitrogen and oxygen atoms in total. The van der Waals surface area contributed by atoms with E-state index in [-0.39, 0.29) is 0 Å². The quantitative estimate of drug-likeness (QED) is 0.749. The Balaban J connectivity index is 1.61. The van der Waals surface area contributed by atoms with Crippen LogP contribution in [0.25, 0.3) is 0 Å². The lowest BCUT2D eigenvalue weighted by atomic mass is 10.1. The highest BCUT2D eigenvalue weighted by molar-refractivity contribution is 7.80. The highest BCUT2D eigenvalue weighted by Gasteiger charge is 2.06. The zero-order chi connectivity index (χ0) is 16.6. The first kappa shape index (κ1) is 16.3. The molecule has 1 aliphatic carbocycles. The zero-order valence-electron chi connectivity index (χ0n) is 13.4. The Bertz CT molecular complexity index is 753. The van der Waals surface area contributed by atoms with E-state index in [4.69, 9.17) is 17.0 Å². The van der Waals surface area contributed by atoms with Crippen molar-refractivity contribution in [2.24, 2.45) is 0 Å². The van der Waals surface area contributed by atoms with Gasteiger partial charge >= 0.3 is 0 Å². The number of rotatable bonds is 5. The van der Waals surface area contributed by atoms with Crippen molar-refractivity contribution in [3.05, 3.63) is 78.4 Å². The van der Waals surface area contributed by atoms with Crippen LogP contribution < -0.4 is 15.4 Å². The van der Waals surface area contributed by atoms with Gasteiger partial charge < -0.3 is 15.4 Å². The normalized spacial score (nSPS) is 13.1. The van der Waals surface area contributed by atoms with Crippen molar-refractivity contribution in [2.75, 3.05) is 11.9 Å². The SMILES string of the molecule is S=C(NCC1=CCCC=C1)Nc1ccccc1Oc1ccccc1. The molecule has 0 unspecified atom stereocenters. The van der Waals surface area contributed by atoms with E-state index in [1.807, 2.05) is 54.6 Å². The second-order valence-corrected chi connectivity index (χ2v) is 5.89. The van der Waals surface area contributed by atoms with Crippen molar-refractivity contribution in [3.8, 4) is 11.5 Å². The first-order chi connectivity index (χ1) is 11.8. The van der Waals surface area contributed by atoms with Gasteiger partial charge in [0, 0.05) is 6.54 Å². The third-order valence-corrected chi connectivity index (χ3v) is 3.88. The van der Waals surface area contributed by atoms with Crippen LogP contribution in [-0.4, -0.2) is 11.7 Å². The summed E-state index contributed by atoms with van der Waals surface area (Å²) < 4.78 is 5.93. The smallest absolute Gasteiger partial charge is 0.171 e. The molecule has 3 rings (SSSR count). The molecule has 0 saturated heterocycles. The molecule has 0 radical (unpaired) electrons. The molecule has 0 atom stereocenters. The van der Waals surface area contributed by atoms with Crippen molar-refractivity contribution in [3.63, 3.8) is 0 Å². The molecule has 122 valence electrons. The van der Waals surface area contributed by atoms with Crippen LogP contribution in [0.4, 0.5) is 5.69 Å². The summed E-state index contributed by atoms with van der Waals surface area (Å²) in [6.45, 7) is 0.726. The maximum absolute atomic E-state index is 5.93. The molecule has 0 spiro atoms. The molecular weight excluding hydrogens is 316 g/mol. The second kappa shape index (κ2) is 8.31. The van der Waals surface area contributed by atoms with Gasteiger partial charge in [0.2, 0.25) is 0 Å². The Hall–Kier alpha value is -2.59. The van der Waals surface area contributed by atoms with E-state index in [0.29, 0.717) is 5.11 Å². The summed E-state index contributed by atoms with van der Waals surface area (Å²) in [4.78, 5) is 0. The molecule has 0 fully saturated rings. The van der Waals surface area contributed by atoms with E-state index < -0.39 is 0 Å². The highest BCUT2D eigenvalue weighted by atomic mass is 32.1. The number of thiocarbonyl (C=S) groups is 1. The fourth-order valence-electron chi connectivity index (χ4n) is 2.42. The Labute approximate surface area is 148 Å². The van der Waals surface area contributed by atoms with Gasteiger partial charge in [-0.05, 0) is 54.9 Å². The van der Waals surface area contributed by atoms with Gasteiger partial charge in [0.05, 0.1) is 5.69 Å². The summed E-state index contributed by atoms with van der Waals surface area (Å²) in [5.74, 6) is 1.53. The average Bonchev–Trinajstić information content (AvgIpc) is 2.63. The number of nitrogens with one attached hydrogen (secondary N) is 2. The van der Waals surface area contributed by atoms with Gasteiger partial charge in [-0.1, -0.05) is 48.6 Å². The van der Waals surface area contributed by atoms with Gasteiger partial charge in [-0.2, -0.15) is 0 Å². The minimum absolute atomic E-state index is 0.582. The lowest BCUT2D eigenvalue weighted by molar-refractivity contribution is 0.485. The molecule has 2 N–H and O–H groups in total.